The van der Waals surface area contributed by atoms with Crippen molar-refractivity contribution in [2.45, 2.75) is 46.6 Å². The van der Waals surface area contributed by atoms with Crippen molar-refractivity contribution in [2.75, 3.05) is 7.05 Å². The second-order valence-corrected chi connectivity index (χ2v) is 8.14. The fourth-order valence-corrected chi connectivity index (χ4v) is 4.93. The van der Waals surface area contributed by atoms with Crippen molar-refractivity contribution in [1.82, 2.24) is 10.2 Å². The van der Waals surface area contributed by atoms with Crippen LogP contribution in [-0.2, 0) is 20.9 Å². The number of likely N-dealkylation sites (tertiary alicyclic amines) is 1. The summed E-state index contributed by atoms with van der Waals surface area (Å²) in [5.41, 5.74) is -2.14. The van der Waals surface area contributed by atoms with E-state index >= 15 is 0 Å². The van der Waals surface area contributed by atoms with Crippen molar-refractivity contribution < 1.29 is 18.8 Å². The molecule has 1 saturated heterocycles. The van der Waals surface area contributed by atoms with E-state index in [4.69, 9.17) is 4.42 Å². The number of hydrogen-bond acceptors (Lipinski definition) is 4. The number of carbonyl (C=O) groups is 3. The number of amides is 3. The fourth-order valence-electron chi connectivity index (χ4n) is 4.93. The number of furan rings is 1. The maximum Gasteiger partial charge on any atom is 0.234 e. The molecule has 3 rings (SSSR count). The van der Waals surface area contributed by atoms with E-state index in [9.17, 15) is 14.4 Å². The second kappa shape index (κ2) is 5.19. The number of nitrogens with zero attached hydrogens (tertiary/aromatic N) is 1. The Morgan fingerprint density at radius 1 is 1.17 bits per heavy atom. The molecule has 2 bridgehead atoms. The highest BCUT2D eigenvalue weighted by molar-refractivity contribution is 6.04. The van der Waals surface area contributed by atoms with Gasteiger partial charge in [-0.1, -0.05) is 20.8 Å². The number of imide groups is 1. The zero-order chi connectivity index (χ0) is 17.8. The van der Waals surface area contributed by atoms with Gasteiger partial charge in [0.15, 0.2) is 0 Å². The number of hydrogen-bond donors (Lipinski definition) is 1. The number of rotatable bonds is 3. The number of piperidine rings is 1. The molecular formula is C18H24N2O4. The molecule has 0 spiro atoms. The van der Waals surface area contributed by atoms with Crippen LogP contribution in [0.25, 0.3) is 0 Å². The average molecular weight is 332 g/mol. The predicted octanol–water partition coefficient (Wildman–Crippen LogP) is 2.10. The van der Waals surface area contributed by atoms with Crippen molar-refractivity contribution in [1.29, 1.82) is 0 Å². The van der Waals surface area contributed by atoms with Gasteiger partial charge in [-0.05, 0) is 31.4 Å². The van der Waals surface area contributed by atoms with Crippen LogP contribution in [0.4, 0.5) is 0 Å². The van der Waals surface area contributed by atoms with Gasteiger partial charge in [-0.25, -0.2) is 0 Å². The third kappa shape index (κ3) is 2.44. The van der Waals surface area contributed by atoms with Crippen molar-refractivity contribution in [2.24, 2.45) is 16.2 Å². The smallest absolute Gasteiger partial charge is 0.234 e. The van der Waals surface area contributed by atoms with Crippen molar-refractivity contribution in [3.05, 3.63) is 24.2 Å². The van der Waals surface area contributed by atoms with Crippen LogP contribution >= 0.6 is 0 Å². The standard InChI is InChI=1S/C18H24N2O4/c1-16(13(21)19-8-12-6-5-7-24-12)9-17(2)11-18(3,10-16)15(23)20(4)14(17)22/h5-7H,8-11H2,1-4H3,(H,19,21). The molecule has 2 heterocycles. The van der Waals surface area contributed by atoms with Gasteiger partial charge in [0.1, 0.15) is 5.76 Å². The van der Waals surface area contributed by atoms with E-state index in [1.165, 1.54) is 4.90 Å². The van der Waals surface area contributed by atoms with Crippen LogP contribution in [0.3, 0.4) is 0 Å². The molecule has 1 aromatic rings. The van der Waals surface area contributed by atoms with Gasteiger partial charge >= 0.3 is 0 Å². The molecule has 1 aliphatic carbocycles. The molecule has 2 fully saturated rings. The Bertz CT molecular complexity index is 666. The minimum atomic E-state index is -0.763. The Labute approximate surface area is 141 Å². The molecule has 6 heteroatoms. The third-order valence-corrected chi connectivity index (χ3v) is 5.53. The molecule has 6 nitrogen and oxygen atoms in total. The topological polar surface area (TPSA) is 79.6 Å². The SMILES string of the molecule is CN1C(=O)C2(C)CC(C)(C(=O)NCc3ccco3)CC(C)(C2)C1=O. The summed E-state index contributed by atoms with van der Waals surface area (Å²) in [5, 5.41) is 2.89. The predicted molar refractivity (Wildman–Crippen MR) is 86.5 cm³/mol. The second-order valence-electron chi connectivity index (χ2n) is 8.14. The number of nitrogens with one attached hydrogen (secondary N) is 1. The van der Waals surface area contributed by atoms with Gasteiger partial charge < -0.3 is 9.73 Å². The minimum Gasteiger partial charge on any atom is -0.467 e. The summed E-state index contributed by atoms with van der Waals surface area (Å²) in [6.07, 6.45) is 2.94. The van der Waals surface area contributed by atoms with Gasteiger partial charge in [0, 0.05) is 23.3 Å². The lowest BCUT2D eigenvalue weighted by atomic mass is 9.51. The summed E-state index contributed by atoms with van der Waals surface area (Å²) in [5.74, 6) is 0.165. The largest absolute Gasteiger partial charge is 0.467 e. The van der Waals surface area contributed by atoms with E-state index in [0.29, 0.717) is 31.6 Å². The minimum absolute atomic E-state index is 0.138. The summed E-state index contributed by atoms with van der Waals surface area (Å²) in [4.78, 5) is 39.3. The Hall–Kier alpha value is -2.11. The van der Waals surface area contributed by atoms with Gasteiger partial charge in [-0.2, -0.15) is 0 Å². The van der Waals surface area contributed by atoms with Crippen LogP contribution in [0.2, 0.25) is 0 Å². The molecule has 24 heavy (non-hydrogen) atoms. The molecule has 3 amide bonds. The maximum absolute atomic E-state index is 12.8. The van der Waals surface area contributed by atoms with Crippen molar-refractivity contribution >= 4 is 17.7 Å². The molecule has 1 aliphatic heterocycles. The lowest BCUT2D eigenvalue weighted by Gasteiger charge is -2.55. The average Bonchev–Trinajstić information content (AvgIpc) is 3.01. The van der Waals surface area contributed by atoms with Crippen LogP contribution in [-0.4, -0.2) is 29.7 Å². The van der Waals surface area contributed by atoms with E-state index in [0.717, 1.165) is 0 Å². The molecule has 2 atom stereocenters. The number of fused-ring (bicyclic) bond motifs is 2. The molecule has 2 aliphatic rings. The van der Waals surface area contributed by atoms with E-state index in [-0.39, 0.29) is 17.7 Å². The zero-order valence-electron chi connectivity index (χ0n) is 14.6. The first-order chi connectivity index (χ1) is 11.1. The molecule has 1 aromatic heterocycles. The van der Waals surface area contributed by atoms with Crippen LogP contribution in [0.15, 0.2) is 22.8 Å². The van der Waals surface area contributed by atoms with E-state index in [1.807, 2.05) is 20.8 Å². The molecule has 2 unspecified atom stereocenters. The van der Waals surface area contributed by atoms with E-state index in [1.54, 1.807) is 25.4 Å². The zero-order valence-corrected chi connectivity index (χ0v) is 14.6. The summed E-state index contributed by atoms with van der Waals surface area (Å²) >= 11 is 0. The third-order valence-electron chi connectivity index (χ3n) is 5.53. The Kier molecular flexibility index (Phi) is 3.62. The summed E-state index contributed by atoms with van der Waals surface area (Å²) in [6.45, 7) is 5.89. The van der Waals surface area contributed by atoms with Gasteiger partial charge in [0.2, 0.25) is 17.7 Å². The highest BCUT2D eigenvalue weighted by Gasteiger charge is 2.62. The molecule has 1 N–H and O–H groups in total. The lowest BCUT2D eigenvalue weighted by Crippen LogP contribution is -2.63. The monoisotopic (exact) mass is 332 g/mol. The summed E-state index contributed by atoms with van der Waals surface area (Å²) in [7, 11) is 1.54. The van der Waals surface area contributed by atoms with Crippen LogP contribution in [0.1, 0.15) is 45.8 Å². The quantitative estimate of drug-likeness (QED) is 0.860. The van der Waals surface area contributed by atoms with E-state index < -0.39 is 16.2 Å². The van der Waals surface area contributed by atoms with Gasteiger partial charge in [-0.3, -0.25) is 19.3 Å². The highest BCUT2D eigenvalue weighted by Crippen LogP contribution is 2.58. The summed E-state index contributed by atoms with van der Waals surface area (Å²) < 4.78 is 5.24. The van der Waals surface area contributed by atoms with Gasteiger partial charge in [0.25, 0.3) is 0 Å². The first-order valence-electron chi connectivity index (χ1n) is 8.23. The van der Waals surface area contributed by atoms with Gasteiger partial charge in [-0.15, -0.1) is 0 Å². The Balaban J connectivity index is 1.84. The molecular weight excluding hydrogens is 308 g/mol. The van der Waals surface area contributed by atoms with Crippen LogP contribution in [0.5, 0.6) is 0 Å². The first-order valence-corrected chi connectivity index (χ1v) is 8.23. The van der Waals surface area contributed by atoms with Crippen molar-refractivity contribution in [3.63, 3.8) is 0 Å². The fraction of sp³-hybridized carbons (Fsp3) is 0.611. The lowest BCUT2D eigenvalue weighted by molar-refractivity contribution is -0.178. The molecule has 0 radical (unpaired) electrons. The molecule has 0 aromatic carbocycles. The molecule has 1 saturated carbocycles. The number of carbonyl (C=O) groups excluding carboxylic acids is 3. The highest BCUT2D eigenvalue weighted by atomic mass is 16.3. The van der Waals surface area contributed by atoms with E-state index in [2.05, 4.69) is 5.32 Å². The molecule has 130 valence electrons. The van der Waals surface area contributed by atoms with Crippen LogP contribution < -0.4 is 5.32 Å². The normalized spacial score (nSPS) is 35.9. The first kappa shape index (κ1) is 16.7. The Morgan fingerprint density at radius 3 is 2.25 bits per heavy atom. The van der Waals surface area contributed by atoms with Crippen molar-refractivity contribution in [3.8, 4) is 0 Å². The summed E-state index contributed by atoms with van der Waals surface area (Å²) in [6, 6.07) is 3.56. The Morgan fingerprint density at radius 2 is 1.75 bits per heavy atom. The van der Waals surface area contributed by atoms with Crippen LogP contribution in [0, 0.1) is 16.2 Å². The maximum atomic E-state index is 12.8. The van der Waals surface area contributed by atoms with Gasteiger partial charge in [0.05, 0.1) is 12.8 Å².